The van der Waals surface area contributed by atoms with Gasteiger partial charge in [0.2, 0.25) is 0 Å². The monoisotopic (exact) mass is 331 g/mol. The molecule has 1 aromatic heterocycles. The van der Waals surface area contributed by atoms with Crippen LogP contribution in [-0.2, 0) is 6.54 Å². The van der Waals surface area contributed by atoms with Crippen LogP contribution in [0.3, 0.4) is 0 Å². The molecule has 6 heteroatoms. The van der Waals surface area contributed by atoms with Crippen LogP contribution in [0.5, 0.6) is 0 Å². The molecule has 0 fully saturated rings. The van der Waals surface area contributed by atoms with Gasteiger partial charge in [0.15, 0.2) is 0 Å². The molecule has 0 aliphatic carbocycles. The van der Waals surface area contributed by atoms with E-state index in [1.807, 2.05) is 37.4 Å². The van der Waals surface area contributed by atoms with E-state index >= 15 is 0 Å². The molecule has 2 amide bonds. The lowest BCUT2D eigenvalue weighted by molar-refractivity contribution is 0.0913. The molecule has 0 atom stereocenters. The van der Waals surface area contributed by atoms with Crippen molar-refractivity contribution in [3.05, 3.63) is 57.8 Å². The molecular weight excluding hydrogens is 310 g/mol. The first-order valence-corrected chi connectivity index (χ1v) is 8.22. The normalized spacial score (nSPS) is 11.1. The third-order valence-electron chi connectivity index (χ3n) is 3.38. The summed E-state index contributed by atoms with van der Waals surface area (Å²) in [5, 5.41) is 7.60. The summed E-state index contributed by atoms with van der Waals surface area (Å²) in [5.74, 6) is -0.249. The molecule has 2 aromatic rings. The van der Waals surface area contributed by atoms with Crippen molar-refractivity contribution < 1.29 is 9.59 Å². The molecule has 0 aliphatic heterocycles. The maximum atomic E-state index is 12.1. The number of rotatable bonds is 6. The highest BCUT2D eigenvalue weighted by Gasteiger charge is 2.19. The van der Waals surface area contributed by atoms with Crippen LogP contribution in [0.2, 0.25) is 0 Å². The van der Waals surface area contributed by atoms with Crippen molar-refractivity contribution >= 4 is 23.2 Å². The summed E-state index contributed by atoms with van der Waals surface area (Å²) in [4.78, 5) is 24.7. The smallest absolute Gasteiger partial charge is 0.261 e. The zero-order chi connectivity index (χ0) is 16.9. The second kappa shape index (κ2) is 7.39. The average Bonchev–Trinajstić information content (AvgIpc) is 3.07. The van der Waals surface area contributed by atoms with Crippen molar-refractivity contribution in [1.82, 2.24) is 10.6 Å². The Labute approximate surface area is 139 Å². The van der Waals surface area contributed by atoms with Gasteiger partial charge in [-0.25, -0.2) is 0 Å². The molecule has 0 radical (unpaired) electrons. The molecule has 0 bridgehead atoms. The fourth-order valence-corrected chi connectivity index (χ4v) is 2.52. The number of benzene rings is 1. The maximum Gasteiger partial charge on any atom is 0.261 e. The van der Waals surface area contributed by atoms with Crippen molar-refractivity contribution in [2.75, 3.05) is 6.54 Å². The largest absolute Gasteiger partial charge is 0.347 e. The minimum absolute atomic E-state index is 0.0912. The van der Waals surface area contributed by atoms with Crippen LogP contribution in [0.4, 0.5) is 0 Å². The van der Waals surface area contributed by atoms with Crippen LogP contribution in [-0.4, -0.2) is 23.9 Å². The predicted molar refractivity (Wildman–Crippen MR) is 92.5 cm³/mol. The molecule has 0 saturated heterocycles. The van der Waals surface area contributed by atoms with Gasteiger partial charge in [0.25, 0.3) is 11.8 Å². The molecule has 0 spiro atoms. The molecule has 23 heavy (non-hydrogen) atoms. The van der Waals surface area contributed by atoms with Gasteiger partial charge in [-0.3, -0.25) is 9.59 Å². The highest BCUT2D eigenvalue weighted by Crippen LogP contribution is 2.10. The Bertz CT molecular complexity index is 664. The van der Waals surface area contributed by atoms with Crippen LogP contribution in [0.1, 0.15) is 39.4 Å². The number of carbonyl (C=O) groups excluding carboxylic acids is 2. The third-order valence-corrected chi connectivity index (χ3v) is 4.25. The van der Waals surface area contributed by atoms with Crippen molar-refractivity contribution in [2.45, 2.75) is 25.9 Å². The van der Waals surface area contributed by atoms with Gasteiger partial charge >= 0.3 is 0 Å². The number of amides is 2. The first-order valence-electron chi connectivity index (χ1n) is 7.34. The van der Waals surface area contributed by atoms with Crippen LogP contribution >= 0.6 is 11.3 Å². The second-order valence-corrected chi connectivity index (χ2v) is 6.85. The van der Waals surface area contributed by atoms with Gasteiger partial charge in [-0.1, -0.05) is 18.2 Å². The van der Waals surface area contributed by atoms with E-state index in [0.29, 0.717) is 23.5 Å². The number of hydrogen-bond donors (Lipinski definition) is 3. The van der Waals surface area contributed by atoms with E-state index in [4.69, 9.17) is 5.73 Å². The molecule has 5 nitrogen and oxygen atoms in total. The van der Waals surface area contributed by atoms with E-state index in [-0.39, 0.29) is 11.8 Å². The summed E-state index contributed by atoms with van der Waals surface area (Å²) in [5.41, 5.74) is 6.67. The molecule has 2 rings (SSSR count). The summed E-state index contributed by atoms with van der Waals surface area (Å²) < 4.78 is 0. The van der Waals surface area contributed by atoms with Crippen molar-refractivity contribution in [3.8, 4) is 0 Å². The van der Waals surface area contributed by atoms with Crippen LogP contribution in [0.15, 0.2) is 41.8 Å². The Morgan fingerprint density at radius 2 is 1.83 bits per heavy atom. The van der Waals surface area contributed by atoms with Gasteiger partial charge in [0, 0.05) is 24.2 Å². The summed E-state index contributed by atoms with van der Waals surface area (Å²) in [7, 11) is 0. The lowest BCUT2D eigenvalue weighted by atomic mass is 10.0. The summed E-state index contributed by atoms with van der Waals surface area (Å²) >= 11 is 1.40. The van der Waals surface area contributed by atoms with Gasteiger partial charge in [-0.15, -0.1) is 11.3 Å². The summed E-state index contributed by atoms with van der Waals surface area (Å²) in [6.45, 7) is 4.54. The van der Waals surface area contributed by atoms with Crippen LogP contribution < -0.4 is 16.4 Å². The fraction of sp³-hybridized carbons (Fsp3) is 0.294. The quantitative estimate of drug-likeness (QED) is 0.758. The predicted octanol–water partition coefficient (Wildman–Crippen LogP) is 2.15. The number of hydrogen-bond acceptors (Lipinski definition) is 4. The zero-order valence-corrected chi connectivity index (χ0v) is 14.1. The third kappa shape index (κ3) is 4.91. The Balaban J connectivity index is 1.92. The molecule has 4 N–H and O–H groups in total. The topological polar surface area (TPSA) is 84.2 Å². The first kappa shape index (κ1) is 17.2. The van der Waals surface area contributed by atoms with Crippen molar-refractivity contribution in [3.63, 3.8) is 0 Å². The van der Waals surface area contributed by atoms with Crippen molar-refractivity contribution in [2.24, 2.45) is 5.73 Å². The number of carbonyl (C=O) groups is 2. The Hall–Kier alpha value is -2.18. The standard InChI is InChI=1S/C17H21N3O2S/c1-17(2,11-18)20-15(21)13-7-5-12(6-8-13)10-19-16(22)14-4-3-9-23-14/h3-9H,10-11,18H2,1-2H3,(H,19,22)(H,20,21). The maximum absolute atomic E-state index is 12.1. The summed E-state index contributed by atoms with van der Waals surface area (Å²) in [6, 6.07) is 10.8. The van der Waals surface area contributed by atoms with Crippen LogP contribution in [0, 0.1) is 0 Å². The zero-order valence-electron chi connectivity index (χ0n) is 13.3. The van der Waals surface area contributed by atoms with Gasteiger partial charge in [0.1, 0.15) is 0 Å². The Morgan fingerprint density at radius 3 is 2.39 bits per heavy atom. The number of nitrogens with two attached hydrogens (primary N) is 1. The number of thiophene rings is 1. The fourth-order valence-electron chi connectivity index (χ4n) is 1.88. The van der Waals surface area contributed by atoms with Crippen LogP contribution in [0.25, 0.3) is 0 Å². The highest BCUT2D eigenvalue weighted by molar-refractivity contribution is 7.12. The molecule has 0 unspecified atom stereocenters. The van der Waals surface area contributed by atoms with E-state index < -0.39 is 5.54 Å². The average molecular weight is 331 g/mol. The van der Waals surface area contributed by atoms with Gasteiger partial charge in [0.05, 0.1) is 4.88 Å². The van der Waals surface area contributed by atoms with E-state index in [2.05, 4.69) is 10.6 Å². The number of nitrogens with one attached hydrogen (secondary N) is 2. The Morgan fingerprint density at radius 1 is 1.13 bits per heavy atom. The second-order valence-electron chi connectivity index (χ2n) is 5.90. The van der Waals surface area contributed by atoms with E-state index in [0.717, 1.165) is 5.56 Å². The first-order chi connectivity index (χ1) is 10.9. The SMILES string of the molecule is CC(C)(CN)NC(=O)c1ccc(CNC(=O)c2cccs2)cc1. The molecule has 1 aromatic carbocycles. The molecule has 0 aliphatic rings. The minimum Gasteiger partial charge on any atom is -0.347 e. The van der Waals surface area contributed by atoms with E-state index in [9.17, 15) is 9.59 Å². The van der Waals surface area contributed by atoms with E-state index in [1.165, 1.54) is 11.3 Å². The van der Waals surface area contributed by atoms with Gasteiger partial charge in [-0.2, -0.15) is 0 Å². The minimum atomic E-state index is -0.440. The lowest BCUT2D eigenvalue weighted by Crippen LogP contribution is -2.48. The van der Waals surface area contributed by atoms with Crippen molar-refractivity contribution in [1.29, 1.82) is 0 Å². The molecule has 0 saturated carbocycles. The molecular formula is C17H21N3O2S. The Kier molecular flexibility index (Phi) is 5.52. The van der Waals surface area contributed by atoms with E-state index in [1.54, 1.807) is 18.2 Å². The van der Waals surface area contributed by atoms with Gasteiger partial charge in [-0.05, 0) is 43.0 Å². The molecule has 1 heterocycles. The summed E-state index contributed by atoms with van der Waals surface area (Å²) in [6.07, 6.45) is 0. The lowest BCUT2D eigenvalue weighted by Gasteiger charge is -2.24. The molecule has 122 valence electrons. The highest BCUT2D eigenvalue weighted by atomic mass is 32.1. The van der Waals surface area contributed by atoms with Gasteiger partial charge < -0.3 is 16.4 Å².